The van der Waals surface area contributed by atoms with Crippen LogP contribution in [0.3, 0.4) is 0 Å². The predicted molar refractivity (Wildman–Crippen MR) is 224 cm³/mol. The van der Waals surface area contributed by atoms with Crippen molar-refractivity contribution in [1.82, 2.24) is 0 Å². The molecular formula is C51H35NO. The molecule has 2 nitrogen and oxygen atoms in total. The van der Waals surface area contributed by atoms with Gasteiger partial charge in [0.2, 0.25) is 0 Å². The van der Waals surface area contributed by atoms with Gasteiger partial charge in [-0.25, -0.2) is 0 Å². The topological polar surface area (TPSA) is 16.4 Å². The monoisotopic (exact) mass is 677 g/mol. The van der Waals surface area contributed by atoms with Crippen molar-refractivity contribution in [3.05, 3.63) is 187 Å². The van der Waals surface area contributed by atoms with Crippen LogP contribution in [0.15, 0.2) is 180 Å². The summed E-state index contributed by atoms with van der Waals surface area (Å²) >= 11 is 0. The average Bonchev–Trinajstić information content (AvgIpc) is 3.68. The van der Waals surface area contributed by atoms with Crippen molar-refractivity contribution in [3.63, 3.8) is 0 Å². The summed E-state index contributed by atoms with van der Waals surface area (Å²) in [5, 5.41) is 9.68. The Morgan fingerprint density at radius 2 is 1.09 bits per heavy atom. The van der Waals surface area contributed by atoms with Crippen LogP contribution in [0.2, 0.25) is 0 Å². The van der Waals surface area contributed by atoms with Crippen molar-refractivity contribution in [2.24, 2.45) is 0 Å². The number of hydrogen-bond acceptors (Lipinski definition) is 2. The molecule has 0 spiro atoms. The Bertz CT molecular complexity index is 3110. The Hall–Kier alpha value is -6.64. The minimum absolute atomic E-state index is 0.257. The van der Waals surface area contributed by atoms with E-state index in [4.69, 9.17) is 4.42 Å². The summed E-state index contributed by atoms with van der Waals surface area (Å²) < 4.78 is 6.55. The summed E-state index contributed by atoms with van der Waals surface area (Å²) in [4.78, 5) is 2.50. The highest BCUT2D eigenvalue weighted by Crippen LogP contribution is 2.56. The van der Waals surface area contributed by atoms with Crippen molar-refractivity contribution in [3.8, 4) is 22.3 Å². The third kappa shape index (κ3) is 4.45. The van der Waals surface area contributed by atoms with E-state index in [1.54, 1.807) is 0 Å². The zero-order valence-electron chi connectivity index (χ0n) is 29.6. The van der Waals surface area contributed by atoms with E-state index in [9.17, 15) is 0 Å². The maximum atomic E-state index is 6.55. The molecule has 2 heteroatoms. The molecule has 53 heavy (non-hydrogen) atoms. The first-order chi connectivity index (χ1) is 26.0. The lowest BCUT2D eigenvalue weighted by Crippen LogP contribution is -2.21. The summed E-state index contributed by atoms with van der Waals surface area (Å²) in [6.07, 6.45) is 0. The Morgan fingerprint density at radius 3 is 1.92 bits per heavy atom. The van der Waals surface area contributed by atoms with Crippen LogP contribution in [0.5, 0.6) is 0 Å². The van der Waals surface area contributed by atoms with E-state index in [1.165, 1.54) is 71.4 Å². The molecule has 0 aliphatic heterocycles. The number of furan rings is 1. The SMILES string of the molecule is CC1(C)c2cc3ccccc3cc2-c2cccc(N(c3ccc4c(c3)oc3ccccc34)c3ccc4ccccc4c3-c3ccc4ccccc4c3)c21. The fourth-order valence-electron chi connectivity index (χ4n) is 9.08. The molecule has 1 aliphatic rings. The molecule has 0 amide bonds. The minimum Gasteiger partial charge on any atom is -0.456 e. The van der Waals surface area contributed by atoms with Crippen LogP contribution in [-0.2, 0) is 5.41 Å². The van der Waals surface area contributed by atoms with Gasteiger partial charge in [0.1, 0.15) is 11.2 Å². The van der Waals surface area contributed by atoms with Crippen molar-refractivity contribution < 1.29 is 4.42 Å². The Balaban J connectivity index is 1.23. The maximum absolute atomic E-state index is 6.55. The second kappa shape index (κ2) is 11.2. The predicted octanol–water partition coefficient (Wildman–Crippen LogP) is 14.5. The molecule has 0 atom stereocenters. The molecule has 1 aromatic heterocycles. The van der Waals surface area contributed by atoms with Crippen LogP contribution >= 0.6 is 0 Å². The minimum atomic E-state index is -0.257. The van der Waals surface area contributed by atoms with E-state index in [2.05, 4.69) is 189 Å². The number of rotatable bonds is 4. The fraction of sp³-hybridized carbons (Fsp3) is 0.0588. The molecule has 1 heterocycles. The number of anilines is 3. The van der Waals surface area contributed by atoms with E-state index in [0.717, 1.165) is 33.3 Å². The lowest BCUT2D eigenvalue weighted by atomic mass is 9.80. The molecule has 9 aromatic carbocycles. The zero-order chi connectivity index (χ0) is 35.3. The van der Waals surface area contributed by atoms with E-state index >= 15 is 0 Å². The molecule has 0 bridgehead atoms. The summed E-state index contributed by atoms with van der Waals surface area (Å²) in [7, 11) is 0. The first kappa shape index (κ1) is 30.0. The van der Waals surface area contributed by atoms with Crippen LogP contribution in [0, 0.1) is 0 Å². The summed E-state index contributed by atoms with van der Waals surface area (Å²) in [6.45, 7) is 4.78. The lowest BCUT2D eigenvalue weighted by Gasteiger charge is -2.33. The molecular weight excluding hydrogens is 643 g/mol. The van der Waals surface area contributed by atoms with Crippen LogP contribution in [0.1, 0.15) is 25.0 Å². The van der Waals surface area contributed by atoms with Gasteiger partial charge in [-0.1, -0.05) is 135 Å². The average molecular weight is 678 g/mol. The molecule has 0 fully saturated rings. The Morgan fingerprint density at radius 1 is 0.434 bits per heavy atom. The summed E-state index contributed by atoms with van der Waals surface area (Å²) in [5.74, 6) is 0. The van der Waals surface area contributed by atoms with Crippen LogP contribution < -0.4 is 4.90 Å². The molecule has 11 rings (SSSR count). The quantitative estimate of drug-likeness (QED) is 0.184. The third-order valence-electron chi connectivity index (χ3n) is 11.6. The maximum Gasteiger partial charge on any atom is 0.137 e. The van der Waals surface area contributed by atoms with E-state index < -0.39 is 0 Å². The fourth-order valence-corrected chi connectivity index (χ4v) is 9.08. The van der Waals surface area contributed by atoms with Crippen molar-refractivity contribution >= 4 is 71.3 Å². The normalized spacial score (nSPS) is 13.2. The summed E-state index contributed by atoms with van der Waals surface area (Å²) in [6, 6.07) is 64.4. The van der Waals surface area contributed by atoms with Gasteiger partial charge in [-0.15, -0.1) is 0 Å². The van der Waals surface area contributed by atoms with Crippen LogP contribution in [0.25, 0.3) is 76.5 Å². The lowest BCUT2D eigenvalue weighted by molar-refractivity contribution is 0.661. The number of benzene rings is 9. The first-order valence-electron chi connectivity index (χ1n) is 18.4. The molecule has 0 N–H and O–H groups in total. The number of fused-ring (bicyclic) bond motifs is 9. The number of para-hydroxylation sites is 1. The highest BCUT2D eigenvalue weighted by molar-refractivity contribution is 6.10. The molecule has 250 valence electrons. The van der Waals surface area contributed by atoms with Crippen molar-refractivity contribution in [2.45, 2.75) is 19.3 Å². The van der Waals surface area contributed by atoms with Gasteiger partial charge < -0.3 is 9.32 Å². The highest BCUT2D eigenvalue weighted by atomic mass is 16.3. The van der Waals surface area contributed by atoms with Crippen LogP contribution in [0.4, 0.5) is 17.1 Å². The molecule has 0 saturated heterocycles. The van der Waals surface area contributed by atoms with E-state index in [0.29, 0.717) is 0 Å². The van der Waals surface area contributed by atoms with Gasteiger partial charge in [-0.3, -0.25) is 0 Å². The van der Waals surface area contributed by atoms with Gasteiger partial charge in [0.15, 0.2) is 0 Å². The number of nitrogens with zero attached hydrogens (tertiary/aromatic N) is 1. The van der Waals surface area contributed by atoms with Gasteiger partial charge in [-0.05, 0) is 109 Å². The van der Waals surface area contributed by atoms with Gasteiger partial charge in [0.05, 0.1) is 11.4 Å². The molecule has 0 radical (unpaired) electrons. The smallest absolute Gasteiger partial charge is 0.137 e. The Kier molecular flexibility index (Phi) is 6.33. The summed E-state index contributed by atoms with van der Waals surface area (Å²) in [5.41, 5.74) is 12.5. The van der Waals surface area contributed by atoms with Crippen molar-refractivity contribution in [1.29, 1.82) is 0 Å². The van der Waals surface area contributed by atoms with Gasteiger partial charge in [-0.2, -0.15) is 0 Å². The molecule has 0 saturated carbocycles. The van der Waals surface area contributed by atoms with Gasteiger partial charge in [0, 0.05) is 33.5 Å². The highest BCUT2D eigenvalue weighted by Gasteiger charge is 2.39. The standard InChI is InChI=1S/C51H35NO/c1-51(2)44-30-36-16-6-5-15-35(36)29-43(44)42-19-11-20-46(50(42)51)52(38-25-26-41-40-18-9-10-21-47(40)53-48(41)31-38)45-27-24-33-13-7-8-17-39(33)49(45)37-23-22-32-12-3-4-14-34(32)28-37/h3-31H,1-2H3. The third-order valence-corrected chi connectivity index (χ3v) is 11.6. The van der Waals surface area contributed by atoms with E-state index in [1.807, 2.05) is 6.07 Å². The van der Waals surface area contributed by atoms with Gasteiger partial charge >= 0.3 is 0 Å². The zero-order valence-corrected chi connectivity index (χ0v) is 29.6. The van der Waals surface area contributed by atoms with Crippen molar-refractivity contribution in [2.75, 3.05) is 4.90 Å². The molecule has 10 aromatic rings. The number of hydrogen-bond donors (Lipinski definition) is 0. The largest absolute Gasteiger partial charge is 0.456 e. The van der Waals surface area contributed by atoms with E-state index in [-0.39, 0.29) is 5.41 Å². The first-order valence-corrected chi connectivity index (χ1v) is 18.4. The van der Waals surface area contributed by atoms with Gasteiger partial charge in [0.25, 0.3) is 0 Å². The Labute approximate surface area is 308 Å². The van der Waals surface area contributed by atoms with Crippen LogP contribution in [-0.4, -0.2) is 0 Å². The second-order valence-corrected chi connectivity index (χ2v) is 14.9. The molecule has 1 aliphatic carbocycles. The molecule has 0 unspecified atom stereocenters. The second-order valence-electron chi connectivity index (χ2n) is 14.9.